The van der Waals surface area contributed by atoms with E-state index in [1.165, 1.54) is 0 Å². The molecule has 202 valence electrons. The Balaban J connectivity index is 0.000000355. The van der Waals surface area contributed by atoms with E-state index in [4.69, 9.17) is 25.2 Å². The fourth-order valence-corrected chi connectivity index (χ4v) is 2.93. The standard InChI is InChI=1S/C14H22N6O.2C4H4O4/c1-2-21-8-7-20-13-12(9-16-10-17-13)19-14(20)18-11-3-5-15-6-4-11;2*5-3(6)1-2-4(7)8/h9-11,15H,2-8H2,1H3,(H,18,19);2*1-2H,(H,5,6)(H,7,8). The number of aliphatic carboxylic acids is 4. The summed E-state index contributed by atoms with van der Waals surface area (Å²) in [6, 6.07) is 0.460. The second kappa shape index (κ2) is 17.1. The lowest BCUT2D eigenvalue weighted by Crippen LogP contribution is -2.36. The van der Waals surface area contributed by atoms with Gasteiger partial charge in [0.25, 0.3) is 0 Å². The molecule has 0 spiro atoms. The molecule has 0 atom stereocenters. The Labute approximate surface area is 211 Å². The normalized spacial score (nSPS) is 13.4. The zero-order chi connectivity index (χ0) is 27.6. The number of imidazole rings is 1. The summed E-state index contributed by atoms with van der Waals surface area (Å²) in [6.45, 7) is 6.23. The van der Waals surface area contributed by atoms with Crippen molar-refractivity contribution in [3.05, 3.63) is 36.8 Å². The van der Waals surface area contributed by atoms with Crippen molar-refractivity contribution in [2.75, 3.05) is 31.6 Å². The number of rotatable bonds is 10. The first kappa shape index (κ1) is 30.7. The lowest BCUT2D eigenvalue weighted by Gasteiger charge is -2.24. The second-order valence-electron chi connectivity index (χ2n) is 7.20. The van der Waals surface area contributed by atoms with Crippen LogP contribution in [0.3, 0.4) is 0 Å². The largest absolute Gasteiger partial charge is 0.478 e. The fourth-order valence-electron chi connectivity index (χ4n) is 2.93. The van der Waals surface area contributed by atoms with Crippen LogP contribution < -0.4 is 10.6 Å². The quantitative estimate of drug-likeness (QED) is 0.184. The van der Waals surface area contributed by atoms with Gasteiger partial charge in [0.15, 0.2) is 5.65 Å². The summed E-state index contributed by atoms with van der Waals surface area (Å²) in [5.74, 6) is -4.16. The van der Waals surface area contributed by atoms with Gasteiger partial charge in [-0.15, -0.1) is 0 Å². The smallest absolute Gasteiger partial charge is 0.328 e. The summed E-state index contributed by atoms with van der Waals surface area (Å²) in [5, 5.41) is 38.2. The Hall–Kier alpha value is -4.37. The van der Waals surface area contributed by atoms with E-state index in [0.717, 1.165) is 56.2 Å². The van der Waals surface area contributed by atoms with Crippen molar-refractivity contribution in [3.8, 4) is 0 Å². The molecule has 0 radical (unpaired) electrons. The van der Waals surface area contributed by atoms with Crippen LogP contribution in [0.4, 0.5) is 5.95 Å². The van der Waals surface area contributed by atoms with E-state index >= 15 is 0 Å². The number of piperidine rings is 1. The van der Waals surface area contributed by atoms with Crippen molar-refractivity contribution in [1.29, 1.82) is 0 Å². The Bertz CT molecular complexity index is 1030. The van der Waals surface area contributed by atoms with Crippen LogP contribution in [0.1, 0.15) is 19.8 Å². The van der Waals surface area contributed by atoms with Crippen molar-refractivity contribution in [1.82, 2.24) is 24.8 Å². The van der Waals surface area contributed by atoms with Crippen LogP contribution in [-0.4, -0.2) is 96.2 Å². The highest BCUT2D eigenvalue weighted by Crippen LogP contribution is 2.19. The Morgan fingerprint density at radius 2 is 1.57 bits per heavy atom. The lowest BCUT2D eigenvalue weighted by molar-refractivity contribution is -0.134. The second-order valence-corrected chi connectivity index (χ2v) is 7.20. The number of nitrogens with zero attached hydrogens (tertiary/aromatic N) is 4. The molecule has 1 aliphatic heterocycles. The van der Waals surface area contributed by atoms with Gasteiger partial charge in [-0.05, 0) is 32.9 Å². The third-order valence-corrected chi connectivity index (χ3v) is 4.48. The van der Waals surface area contributed by atoms with Crippen molar-refractivity contribution < 1.29 is 44.3 Å². The van der Waals surface area contributed by atoms with Crippen LogP contribution in [0.25, 0.3) is 11.2 Å². The van der Waals surface area contributed by atoms with Crippen LogP contribution >= 0.6 is 0 Å². The molecule has 15 nitrogen and oxygen atoms in total. The van der Waals surface area contributed by atoms with Crippen molar-refractivity contribution in [3.63, 3.8) is 0 Å². The monoisotopic (exact) mass is 522 g/mol. The molecule has 0 unspecified atom stereocenters. The number of ether oxygens (including phenoxy) is 1. The molecular weight excluding hydrogens is 492 g/mol. The van der Waals surface area contributed by atoms with E-state index in [0.29, 0.717) is 37.0 Å². The predicted molar refractivity (Wildman–Crippen MR) is 130 cm³/mol. The average molecular weight is 523 g/mol. The van der Waals surface area contributed by atoms with Gasteiger partial charge >= 0.3 is 23.9 Å². The van der Waals surface area contributed by atoms with Gasteiger partial charge in [0.05, 0.1) is 19.3 Å². The van der Waals surface area contributed by atoms with Gasteiger partial charge < -0.3 is 35.8 Å². The highest BCUT2D eigenvalue weighted by molar-refractivity contribution is 5.90. The molecule has 6 N–H and O–H groups in total. The SMILES string of the molecule is CCOCCn1c(NC2CCNCC2)nc2cncnc21.O=C(O)C=CC(=O)O.O=C(O)C=CC(=O)O. The molecule has 2 aromatic rings. The number of anilines is 1. The topological polar surface area (TPSA) is 226 Å². The number of fused-ring (bicyclic) bond motifs is 1. The summed E-state index contributed by atoms with van der Waals surface area (Å²) >= 11 is 0. The third kappa shape index (κ3) is 13.3. The van der Waals surface area contributed by atoms with Crippen LogP contribution in [0, 0.1) is 0 Å². The highest BCUT2D eigenvalue weighted by atomic mass is 16.5. The Morgan fingerprint density at radius 3 is 2.05 bits per heavy atom. The van der Waals surface area contributed by atoms with E-state index in [2.05, 4.69) is 30.2 Å². The highest BCUT2D eigenvalue weighted by Gasteiger charge is 2.17. The first-order valence-corrected chi connectivity index (χ1v) is 11.1. The molecule has 0 bridgehead atoms. The van der Waals surface area contributed by atoms with E-state index in [-0.39, 0.29) is 0 Å². The van der Waals surface area contributed by atoms with Crippen LogP contribution in [0.5, 0.6) is 0 Å². The summed E-state index contributed by atoms with van der Waals surface area (Å²) in [5.41, 5.74) is 1.69. The lowest BCUT2D eigenvalue weighted by atomic mass is 10.1. The maximum absolute atomic E-state index is 9.55. The number of hydrogen-bond donors (Lipinski definition) is 6. The molecule has 3 rings (SSSR count). The number of aromatic nitrogens is 4. The van der Waals surface area contributed by atoms with Gasteiger partial charge in [0, 0.05) is 37.0 Å². The number of carboxylic acids is 4. The summed E-state index contributed by atoms with van der Waals surface area (Å²) in [6.07, 6.45) is 7.78. The molecule has 1 fully saturated rings. The summed E-state index contributed by atoms with van der Waals surface area (Å²) in [7, 11) is 0. The number of nitrogens with one attached hydrogen (secondary N) is 2. The van der Waals surface area contributed by atoms with E-state index in [1.807, 2.05) is 6.92 Å². The number of carbonyl (C=O) groups is 4. The summed E-state index contributed by atoms with van der Waals surface area (Å²) < 4.78 is 7.56. The first-order valence-electron chi connectivity index (χ1n) is 11.1. The van der Waals surface area contributed by atoms with E-state index in [9.17, 15) is 19.2 Å². The first-order chi connectivity index (χ1) is 17.6. The van der Waals surface area contributed by atoms with Crippen LogP contribution in [0.15, 0.2) is 36.8 Å². The molecule has 1 saturated heterocycles. The molecule has 0 aliphatic carbocycles. The molecule has 0 saturated carbocycles. The minimum Gasteiger partial charge on any atom is -0.478 e. The minimum atomic E-state index is -1.26. The zero-order valence-corrected chi connectivity index (χ0v) is 20.1. The van der Waals surface area contributed by atoms with Gasteiger partial charge in [-0.2, -0.15) is 0 Å². The van der Waals surface area contributed by atoms with Crippen LogP contribution in [0.2, 0.25) is 0 Å². The molecular formula is C22H30N6O9. The molecule has 37 heavy (non-hydrogen) atoms. The maximum atomic E-state index is 9.55. The number of hydrogen-bond acceptors (Lipinski definition) is 10. The fraction of sp³-hybridized carbons (Fsp3) is 0.409. The molecule has 0 amide bonds. The molecule has 1 aliphatic rings. The van der Waals surface area contributed by atoms with Gasteiger partial charge in [-0.3, -0.25) is 4.57 Å². The minimum absolute atomic E-state index is 0.460. The van der Waals surface area contributed by atoms with Crippen molar-refractivity contribution >= 4 is 41.0 Å². The third-order valence-electron chi connectivity index (χ3n) is 4.48. The van der Waals surface area contributed by atoms with Gasteiger partial charge in [0.2, 0.25) is 5.95 Å². The van der Waals surface area contributed by atoms with Gasteiger partial charge in [-0.25, -0.2) is 34.1 Å². The average Bonchev–Trinajstić information content (AvgIpc) is 3.20. The number of carboxylic acid groups (broad SMARTS) is 4. The maximum Gasteiger partial charge on any atom is 0.328 e. The summed E-state index contributed by atoms with van der Waals surface area (Å²) in [4.78, 5) is 51.3. The van der Waals surface area contributed by atoms with Gasteiger partial charge in [-0.1, -0.05) is 0 Å². The van der Waals surface area contributed by atoms with E-state index < -0.39 is 23.9 Å². The zero-order valence-electron chi connectivity index (χ0n) is 20.1. The van der Waals surface area contributed by atoms with E-state index in [1.54, 1.807) is 12.5 Å². The predicted octanol–water partition coefficient (Wildman–Crippen LogP) is 0.450. The Kier molecular flexibility index (Phi) is 14.2. The Morgan fingerprint density at radius 1 is 1.03 bits per heavy atom. The molecule has 3 heterocycles. The molecule has 0 aromatic carbocycles. The molecule has 15 heteroatoms. The van der Waals surface area contributed by atoms with Gasteiger partial charge in [0.1, 0.15) is 11.8 Å². The van der Waals surface area contributed by atoms with Crippen molar-refractivity contribution in [2.24, 2.45) is 0 Å². The van der Waals surface area contributed by atoms with Crippen molar-refractivity contribution in [2.45, 2.75) is 32.4 Å². The van der Waals surface area contributed by atoms with Crippen LogP contribution in [-0.2, 0) is 30.5 Å². The molecule has 2 aromatic heterocycles.